The molecule has 6 nitrogen and oxygen atoms in total. The average molecular weight is 305 g/mol. The van der Waals surface area contributed by atoms with Crippen molar-refractivity contribution in [3.8, 4) is 0 Å². The zero-order valence-corrected chi connectivity index (χ0v) is 12.7. The van der Waals surface area contributed by atoms with Crippen LogP contribution in [-0.2, 0) is 16.1 Å². The predicted octanol–water partition coefficient (Wildman–Crippen LogP) is 1.25. The third-order valence-corrected chi connectivity index (χ3v) is 3.65. The van der Waals surface area contributed by atoms with Gasteiger partial charge in [0.15, 0.2) is 0 Å². The van der Waals surface area contributed by atoms with Crippen molar-refractivity contribution >= 4 is 11.9 Å². The Morgan fingerprint density at radius 3 is 2.73 bits per heavy atom. The van der Waals surface area contributed by atoms with E-state index in [1.807, 2.05) is 18.2 Å². The lowest BCUT2D eigenvalue weighted by Crippen LogP contribution is -2.38. The third-order valence-electron chi connectivity index (χ3n) is 3.65. The second-order valence-electron chi connectivity index (χ2n) is 5.52. The summed E-state index contributed by atoms with van der Waals surface area (Å²) in [5.41, 5.74) is 6.14. The zero-order chi connectivity index (χ0) is 15.8. The van der Waals surface area contributed by atoms with Crippen LogP contribution < -0.4 is 11.1 Å². The molecule has 1 aromatic rings. The van der Waals surface area contributed by atoms with Crippen LogP contribution in [0.4, 0.5) is 4.79 Å². The monoisotopic (exact) mass is 305 g/mol. The number of hydrogen-bond donors (Lipinski definition) is 2. The van der Waals surface area contributed by atoms with Crippen molar-refractivity contribution in [3.63, 3.8) is 0 Å². The van der Waals surface area contributed by atoms with Gasteiger partial charge in [-0.15, -0.1) is 0 Å². The zero-order valence-electron chi connectivity index (χ0n) is 12.7. The summed E-state index contributed by atoms with van der Waals surface area (Å²) in [6.45, 7) is 2.92. The summed E-state index contributed by atoms with van der Waals surface area (Å²) >= 11 is 0. The summed E-state index contributed by atoms with van der Waals surface area (Å²) in [6, 6.07) is 9.30. The normalized spacial score (nSPS) is 17.6. The second-order valence-corrected chi connectivity index (χ2v) is 5.52. The second kappa shape index (κ2) is 8.51. The summed E-state index contributed by atoms with van der Waals surface area (Å²) in [4.78, 5) is 24.4. The standard InChI is InChI=1S/C16H23N3O3/c17-16(21)18-15(20)8-9-19(12-14-7-4-10-22-14)11-13-5-2-1-3-6-13/h1-3,5-6,14H,4,7-12H2,(H3,17,18,20,21). The lowest BCUT2D eigenvalue weighted by atomic mass is 10.1. The first-order chi connectivity index (χ1) is 10.6. The minimum absolute atomic E-state index is 0.225. The van der Waals surface area contributed by atoms with Crippen LogP contribution in [0.25, 0.3) is 0 Å². The molecule has 0 aromatic heterocycles. The number of amides is 3. The van der Waals surface area contributed by atoms with Gasteiger partial charge in [-0.25, -0.2) is 4.79 Å². The number of ether oxygens (including phenoxy) is 1. The molecule has 1 heterocycles. The lowest BCUT2D eigenvalue weighted by Gasteiger charge is -2.25. The molecule has 1 aliphatic rings. The van der Waals surface area contributed by atoms with Crippen LogP contribution in [-0.4, -0.2) is 42.6 Å². The van der Waals surface area contributed by atoms with Gasteiger partial charge in [-0.3, -0.25) is 15.0 Å². The van der Waals surface area contributed by atoms with E-state index in [4.69, 9.17) is 10.5 Å². The highest BCUT2D eigenvalue weighted by Gasteiger charge is 2.20. The van der Waals surface area contributed by atoms with Gasteiger partial charge in [-0.2, -0.15) is 0 Å². The van der Waals surface area contributed by atoms with Gasteiger partial charge in [-0.05, 0) is 18.4 Å². The lowest BCUT2D eigenvalue weighted by molar-refractivity contribution is -0.120. The van der Waals surface area contributed by atoms with Gasteiger partial charge in [-0.1, -0.05) is 30.3 Å². The molecule has 22 heavy (non-hydrogen) atoms. The minimum atomic E-state index is -0.807. The molecular formula is C16H23N3O3. The fourth-order valence-electron chi connectivity index (χ4n) is 2.61. The van der Waals surface area contributed by atoms with Crippen LogP contribution >= 0.6 is 0 Å². The molecule has 0 saturated carbocycles. The van der Waals surface area contributed by atoms with Crippen LogP contribution in [0.3, 0.4) is 0 Å². The fourth-order valence-corrected chi connectivity index (χ4v) is 2.61. The van der Waals surface area contributed by atoms with Gasteiger partial charge in [0.05, 0.1) is 6.10 Å². The number of primary amides is 1. The topological polar surface area (TPSA) is 84.7 Å². The largest absolute Gasteiger partial charge is 0.377 e. The molecule has 2 rings (SSSR count). The molecule has 3 amide bonds. The van der Waals surface area contributed by atoms with Gasteiger partial charge in [0.1, 0.15) is 0 Å². The van der Waals surface area contributed by atoms with E-state index < -0.39 is 6.03 Å². The van der Waals surface area contributed by atoms with E-state index in [0.29, 0.717) is 6.54 Å². The number of rotatable bonds is 7. The molecule has 1 unspecified atom stereocenters. The van der Waals surface area contributed by atoms with Crippen molar-refractivity contribution in [1.82, 2.24) is 10.2 Å². The maximum absolute atomic E-state index is 11.6. The Morgan fingerprint density at radius 2 is 2.09 bits per heavy atom. The van der Waals surface area contributed by atoms with Gasteiger partial charge in [0.25, 0.3) is 0 Å². The molecule has 1 atom stereocenters. The number of urea groups is 1. The van der Waals surface area contributed by atoms with Crippen molar-refractivity contribution in [2.24, 2.45) is 5.73 Å². The number of carbonyl (C=O) groups is 2. The van der Waals surface area contributed by atoms with Gasteiger partial charge in [0.2, 0.25) is 5.91 Å². The number of benzene rings is 1. The molecule has 1 aromatic carbocycles. The first-order valence-corrected chi connectivity index (χ1v) is 7.60. The maximum Gasteiger partial charge on any atom is 0.318 e. The number of nitrogens with zero attached hydrogens (tertiary/aromatic N) is 1. The van der Waals surface area contributed by atoms with E-state index in [9.17, 15) is 9.59 Å². The molecule has 1 fully saturated rings. The van der Waals surface area contributed by atoms with Crippen molar-refractivity contribution in [2.75, 3.05) is 19.7 Å². The summed E-state index contributed by atoms with van der Waals surface area (Å²) in [6.07, 6.45) is 2.61. The Kier molecular flexibility index (Phi) is 6.36. The Labute approximate surface area is 130 Å². The quantitative estimate of drug-likeness (QED) is 0.794. The van der Waals surface area contributed by atoms with E-state index in [-0.39, 0.29) is 18.4 Å². The molecule has 0 bridgehead atoms. The molecule has 1 aliphatic heterocycles. The van der Waals surface area contributed by atoms with E-state index in [1.54, 1.807) is 0 Å². The van der Waals surface area contributed by atoms with Crippen LogP contribution in [0.1, 0.15) is 24.8 Å². The Balaban J connectivity index is 1.88. The van der Waals surface area contributed by atoms with Crippen molar-refractivity contribution in [2.45, 2.75) is 31.9 Å². The summed E-state index contributed by atoms with van der Waals surface area (Å²) in [5, 5.41) is 2.10. The molecule has 120 valence electrons. The SMILES string of the molecule is NC(=O)NC(=O)CCN(Cc1ccccc1)CC1CCCO1. The highest BCUT2D eigenvalue weighted by molar-refractivity contribution is 5.93. The molecular weight excluding hydrogens is 282 g/mol. The number of imide groups is 1. The van der Waals surface area contributed by atoms with Crippen LogP contribution in [0.5, 0.6) is 0 Å². The molecule has 6 heteroatoms. The minimum Gasteiger partial charge on any atom is -0.377 e. The van der Waals surface area contributed by atoms with Gasteiger partial charge >= 0.3 is 6.03 Å². The highest BCUT2D eigenvalue weighted by atomic mass is 16.5. The number of hydrogen-bond acceptors (Lipinski definition) is 4. The summed E-state index contributed by atoms with van der Waals surface area (Å²) in [7, 11) is 0. The predicted molar refractivity (Wildman–Crippen MR) is 83.0 cm³/mol. The van der Waals surface area contributed by atoms with E-state index >= 15 is 0 Å². The molecule has 0 aliphatic carbocycles. The first kappa shape index (κ1) is 16.5. The maximum atomic E-state index is 11.6. The molecule has 0 radical (unpaired) electrons. The Hall–Kier alpha value is -1.92. The summed E-state index contributed by atoms with van der Waals surface area (Å²) in [5.74, 6) is -0.349. The van der Waals surface area contributed by atoms with Crippen LogP contribution in [0.2, 0.25) is 0 Å². The molecule has 0 spiro atoms. The molecule has 3 N–H and O–H groups in total. The van der Waals surface area contributed by atoms with Crippen LogP contribution in [0, 0.1) is 0 Å². The van der Waals surface area contributed by atoms with Crippen molar-refractivity contribution < 1.29 is 14.3 Å². The van der Waals surface area contributed by atoms with Crippen molar-refractivity contribution in [3.05, 3.63) is 35.9 Å². The Morgan fingerprint density at radius 1 is 1.32 bits per heavy atom. The van der Waals surface area contributed by atoms with Gasteiger partial charge in [0, 0.05) is 32.7 Å². The smallest absolute Gasteiger partial charge is 0.318 e. The van der Waals surface area contributed by atoms with E-state index in [1.165, 1.54) is 5.56 Å². The highest BCUT2D eigenvalue weighted by Crippen LogP contribution is 2.15. The van der Waals surface area contributed by atoms with Crippen molar-refractivity contribution in [1.29, 1.82) is 0 Å². The third kappa shape index (κ3) is 5.83. The first-order valence-electron chi connectivity index (χ1n) is 7.60. The number of carbonyl (C=O) groups excluding carboxylic acids is 2. The molecule has 1 saturated heterocycles. The van der Waals surface area contributed by atoms with Gasteiger partial charge < -0.3 is 10.5 Å². The number of nitrogens with one attached hydrogen (secondary N) is 1. The Bertz CT molecular complexity index is 487. The van der Waals surface area contributed by atoms with E-state index in [0.717, 1.165) is 32.5 Å². The van der Waals surface area contributed by atoms with E-state index in [2.05, 4.69) is 22.3 Å². The summed E-state index contributed by atoms with van der Waals surface area (Å²) < 4.78 is 5.68. The average Bonchev–Trinajstić information content (AvgIpc) is 2.98. The fraction of sp³-hybridized carbons (Fsp3) is 0.500. The number of nitrogens with two attached hydrogens (primary N) is 1. The van der Waals surface area contributed by atoms with Crippen LogP contribution in [0.15, 0.2) is 30.3 Å².